The molecule has 0 aliphatic heterocycles. The third kappa shape index (κ3) is 2.40. The van der Waals surface area contributed by atoms with E-state index >= 15 is 0 Å². The standard InChI is InChI=1S/C27H18O/c1-2-7-18(8-3-1)19-13-15-20(16-14-19)24-17-25(24)23-11-6-10-22-21-9-4-5-12-26(21)28-27(22)23/h1-17,25H. The molecule has 0 saturated heterocycles. The first-order valence-electron chi connectivity index (χ1n) is 9.66. The summed E-state index contributed by atoms with van der Waals surface area (Å²) in [5.74, 6) is 0.340. The van der Waals surface area contributed by atoms with Crippen molar-refractivity contribution < 1.29 is 4.42 Å². The normalized spacial score (nSPS) is 15.7. The van der Waals surface area contributed by atoms with E-state index in [1.807, 2.05) is 12.1 Å². The molecule has 1 aliphatic rings. The van der Waals surface area contributed by atoms with Gasteiger partial charge >= 0.3 is 0 Å². The van der Waals surface area contributed by atoms with Crippen LogP contribution in [-0.2, 0) is 0 Å². The molecule has 132 valence electrons. The molecule has 28 heavy (non-hydrogen) atoms. The largest absolute Gasteiger partial charge is 0.456 e. The average molecular weight is 358 g/mol. The van der Waals surface area contributed by atoms with Crippen LogP contribution in [0.4, 0.5) is 0 Å². The number of hydrogen-bond acceptors (Lipinski definition) is 1. The fourth-order valence-electron chi connectivity index (χ4n) is 4.16. The van der Waals surface area contributed by atoms with E-state index in [-0.39, 0.29) is 0 Å². The van der Waals surface area contributed by atoms with E-state index in [2.05, 4.69) is 91.0 Å². The van der Waals surface area contributed by atoms with E-state index in [1.54, 1.807) is 0 Å². The quantitative estimate of drug-likeness (QED) is 0.327. The molecule has 0 saturated carbocycles. The Kier molecular flexibility index (Phi) is 3.30. The maximum absolute atomic E-state index is 6.21. The SMILES string of the molecule is C1=C(c2ccc(-c3ccccc3)cc2)C1c1cccc2c1oc1ccccc12. The van der Waals surface area contributed by atoms with Gasteiger partial charge in [-0.05, 0) is 28.3 Å². The van der Waals surface area contributed by atoms with E-state index < -0.39 is 0 Å². The minimum absolute atomic E-state index is 0.340. The van der Waals surface area contributed by atoms with Crippen LogP contribution in [0.25, 0.3) is 38.6 Å². The lowest BCUT2D eigenvalue weighted by Gasteiger charge is -2.05. The zero-order valence-corrected chi connectivity index (χ0v) is 15.3. The van der Waals surface area contributed by atoms with Gasteiger partial charge in [0.1, 0.15) is 11.2 Å². The number of benzene rings is 4. The molecule has 0 amide bonds. The fourth-order valence-corrected chi connectivity index (χ4v) is 4.16. The molecular formula is C27H18O. The lowest BCUT2D eigenvalue weighted by Crippen LogP contribution is -1.85. The van der Waals surface area contributed by atoms with Crippen LogP contribution in [0.5, 0.6) is 0 Å². The minimum Gasteiger partial charge on any atom is -0.456 e. The molecule has 0 N–H and O–H groups in total. The highest BCUT2D eigenvalue weighted by Crippen LogP contribution is 2.49. The molecule has 6 rings (SSSR count). The lowest BCUT2D eigenvalue weighted by atomic mass is 9.99. The van der Waals surface area contributed by atoms with Crippen LogP contribution in [0.3, 0.4) is 0 Å². The third-order valence-electron chi connectivity index (χ3n) is 5.67. The molecule has 1 heterocycles. The van der Waals surface area contributed by atoms with Crippen LogP contribution in [0.1, 0.15) is 17.0 Å². The molecule has 5 aromatic rings. The van der Waals surface area contributed by atoms with Gasteiger partial charge in [-0.15, -0.1) is 0 Å². The van der Waals surface area contributed by atoms with Crippen molar-refractivity contribution >= 4 is 27.5 Å². The maximum Gasteiger partial charge on any atom is 0.139 e. The molecule has 1 atom stereocenters. The van der Waals surface area contributed by atoms with Crippen molar-refractivity contribution in [3.63, 3.8) is 0 Å². The monoisotopic (exact) mass is 358 g/mol. The van der Waals surface area contributed by atoms with Gasteiger partial charge in [0.25, 0.3) is 0 Å². The second kappa shape index (κ2) is 5.97. The molecule has 0 spiro atoms. The summed E-state index contributed by atoms with van der Waals surface area (Å²) in [5.41, 5.74) is 8.41. The Balaban J connectivity index is 1.34. The Morgan fingerprint density at radius 1 is 0.536 bits per heavy atom. The molecule has 1 aliphatic carbocycles. The zero-order chi connectivity index (χ0) is 18.5. The van der Waals surface area contributed by atoms with Crippen molar-refractivity contribution in [2.45, 2.75) is 5.92 Å². The Hall–Kier alpha value is -3.58. The molecule has 1 aromatic heterocycles. The number of rotatable bonds is 3. The van der Waals surface area contributed by atoms with Crippen molar-refractivity contribution in [3.05, 3.63) is 114 Å². The van der Waals surface area contributed by atoms with Gasteiger partial charge in [-0.1, -0.05) is 97.1 Å². The lowest BCUT2D eigenvalue weighted by molar-refractivity contribution is 0.664. The van der Waals surface area contributed by atoms with Gasteiger partial charge in [0, 0.05) is 22.3 Å². The third-order valence-corrected chi connectivity index (χ3v) is 5.67. The van der Waals surface area contributed by atoms with Crippen LogP contribution in [-0.4, -0.2) is 0 Å². The number of fused-ring (bicyclic) bond motifs is 3. The highest BCUT2D eigenvalue weighted by atomic mass is 16.3. The van der Waals surface area contributed by atoms with Gasteiger partial charge in [0.2, 0.25) is 0 Å². The zero-order valence-electron chi connectivity index (χ0n) is 15.3. The minimum atomic E-state index is 0.340. The molecule has 4 aromatic carbocycles. The van der Waals surface area contributed by atoms with Crippen LogP contribution in [0.15, 0.2) is 108 Å². The smallest absolute Gasteiger partial charge is 0.139 e. The van der Waals surface area contributed by atoms with Crippen molar-refractivity contribution in [3.8, 4) is 11.1 Å². The van der Waals surface area contributed by atoms with Crippen molar-refractivity contribution in [1.82, 2.24) is 0 Å². The summed E-state index contributed by atoms with van der Waals surface area (Å²) in [4.78, 5) is 0. The van der Waals surface area contributed by atoms with E-state index in [0.29, 0.717) is 5.92 Å². The topological polar surface area (TPSA) is 13.1 Å². The molecule has 1 heteroatoms. The number of furan rings is 1. The van der Waals surface area contributed by atoms with Crippen molar-refractivity contribution in [2.24, 2.45) is 0 Å². The summed E-state index contributed by atoms with van der Waals surface area (Å²) >= 11 is 0. The highest BCUT2D eigenvalue weighted by Gasteiger charge is 2.30. The van der Waals surface area contributed by atoms with Gasteiger partial charge < -0.3 is 4.42 Å². The van der Waals surface area contributed by atoms with Crippen LogP contribution in [0, 0.1) is 0 Å². The summed E-state index contributed by atoms with van der Waals surface area (Å²) in [7, 11) is 0. The van der Waals surface area contributed by atoms with Crippen molar-refractivity contribution in [2.75, 3.05) is 0 Å². The van der Waals surface area contributed by atoms with Gasteiger partial charge in [-0.2, -0.15) is 0 Å². The predicted molar refractivity (Wildman–Crippen MR) is 116 cm³/mol. The number of para-hydroxylation sites is 2. The highest BCUT2D eigenvalue weighted by molar-refractivity contribution is 6.07. The summed E-state index contributed by atoms with van der Waals surface area (Å²) in [5, 5.41) is 2.39. The van der Waals surface area contributed by atoms with Gasteiger partial charge in [-0.25, -0.2) is 0 Å². The summed E-state index contributed by atoms with van der Waals surface area (Å²) in [6.45, 7) is 0. The van der Waals surface area contributed by atoms with Crippen LogP contribution in [0.2, 0.25) is 0 Å². The Labute approximate surface area is 163 Å². The summed E-state index contributed by atoms with van der Waals surface area (Å²) in [6, 6.07) is 34.2. The first-order valence-corrected chi connectivity index (χ1v) is 9.66. The molecule has 0 fully saturated rings. The molecule has 0 bridgehead atoms. The van der Waals surface area contributed by atoms with Gasteiger partial charge in [0.05, 0.1) is 0 Å². The van der Waals surface area contributed by atoms with E-state index in [1.165, 1.54) is 38.6 Å². The second-order valence-corrected chi connectivity index (χ2v) is 7.37. The van der Waals surface area contributed by atoms with Crippen LogP contribution >= 0.6 is 0 Å². The Morgan fingerprint density at radius 3 is 2.07 bits per heavy atom. The Morgan fingerprint density at radius 2 is 1.21 bits per heavy atom. The Bertz CT molecular complexity index is 1340. The van der Waals surface area contributed by atoms with E-state index in [0.717, 1.165) is 11.2 Å². The molecular weight excluding hydrogens is 340 g/mol. The summed E-state index contributed by atoms with van der Waals surface area (Å²) < 4.78 is 6.21. The molecule has 1 nitrogen and oxygen atoms in total. The summed E-state index contributed by atoms with van der Waals surface area (Å²) in [6.07, 6.45) is 2.33. The maximum atomic E-state index is 6.21. The number of hydrogen-bond donors (Lipinski definition) is 0. The fraction of sp³-hybridized carbons (Fsp3) is 0.0370. The molecule has 1 unspecified atom stereocenters. The first kappa shape index (κ1) is 15.5. The van der Waals surface area contributed by atoms with Gasteiger partial charge in [-0.3, -0.25) is 0 Å². The van der Waals surface area contributed by atoms with E-state index in [9.17, 15) is 0 Å². The van der Waals surface area contributed by atoms with E-state index in [4.69, 9.17) is 4.42 Å². The van der Waals surface area contributed by atoms with Crippen LogP contribution < -0.4 is 0 Å². The van der Waals surface area contributed by atoms with Gasteiger partial charge in [0.15, 0.2) is 0 Å². The average Bonchev–Trinajstić information content (AvgIpc) is 3.47. The number of allylic oxidation sites excluding steroid dienone is 2. The second-order valence-electron chi connectivity index (χ2n) is 7.37. The molecule has 0 radical (unpaired) electrons. The first-order chi connectivity index (χ1) is 13.9. The predicted octanol–water partition coefficient (Wildman–Crippen LogP) is 7.43. The van der Waals surface area contributed by atoms with Crippen molar-refractivity contribution in [1.29, 1.82) is 0 Å².